The average Bonchev–Trinajstić information content (AvgIpc) is 2.74. The van der Waals surface area contributed by atoms with E-state index in [0.717, 1.165) is 0 Å². The Labute approximate surface area is 207 Å². The molecule has 0 aliphatic heterocycles. The van der Waals surface area contributed by atoms with E-state index in [-0.39, 0.29) is 40.6 Å². The summed E-state index contributed by atoms with van der Waals surface area (Å²) in [6, 6.07) is 6.07. The van der Waals surface area contributed by atoms with Crippen LogP contribution in [0.25, 0.3) is 0 Å². The van der Waals surface area contributed by atoms with Crippen molar-refractivity contribution in [1.82, 2.24) is 9.97 Å². The van der Waals surface area contributed by atoms with Gasteiger partial charge in [0, 0.05) is 12.4 Å². The molecule has 2 rings (SSSR count). The molecule has 0 amide bonds. The Hall–Kier alpha value is -2.59. The van der Waals surface area contributed by atoms with E-state index in [2.05, 4.69) is 43.7 Å². The molecule has 33 heavy (non-hydrogen) atoms. The molecule has 0 aliphatic rings. The van der Waals surface area contributed by atoms with Gasteiger partial charge in [0.05, 0.1) is 29.9 Å². The third-order valence-corrected chi connectivity index (χ3v) is 3.31. The van der Waals surface area contributed by atoms with Crippen LogP contribution < -0.4 is 5.56 Å². The lowest BCUT2D eigenvalue weighted by Crippen LogP contribution is -2.13. The second kappa shape index (κ2) is 15.3. The van der Waals surface area contributed by atoms with Crippen LogP contribution in [0.3, 0.4) is 0 Å². The molecule has 2 aromatic rings. The largest absolute Gasteiger partial charge is 0.462 e. The fourth-order valence-electron chi connectivity index (χ4n) is 1.75. The van der Waals surface area contributed by atoms with Crippen LogP contribution in [0.1, 0.15) is 45.7 Å². The maximum atomic E-state index is 11.2. The second-order valence-electron chi connectivity index (χ2n) is 5.26. The number of nitrogens with one attached hydrogen (secondary N) is 1. The second-order valence-corrected chi connectivity index (χ2v) is 12.3. The first-order chi connectivity index (χ1) is 15.4. The Morgan fingerprint density at radius 2 is 1.48 bits per heavy atom. The summed E-state index contributed by atoms with van der Waals surface area (Å²) in [5, 5.41) is 14.0. The van der Waals surface area contributed by atoms with E-state index in [1.54, 1.807) is 19.9 Å². The lowest BCUT2D eigenvalue weighted by Gasteiger charge is -2.01. The van der Waals surface area contributed by atoms with Crippen LogP contribution in [0, 0.1) is 22.7 Å². The summed E-state index contributed by atoms with van der Waals surface area (Å²) in [6.45, 7) is 3.91. The van der Waals surface area contributed by atoms with E-state index >= 15 is 0 Å². The highest BCUT2D eigenvalue weighted by Gasteiger charge is 2.10. The number of hydrogen-bond acceptors (Lipinski definition) is 9. The number of esters is 2. The summed E-state index contributed by atoms with van der Waals surface area (Å²) < 4.78 is 18.9. The molecule has 2 aromatic heterocycles. The van der Waals surface area contributed by atoms with E-state index in [0.29, 0.717) is 0 Å². The summed E-state index contributed by atoms with van der Waals surface area (Å²) in [6.07, 6.45) is 2.50. The zero-order valence-electron chi connectivity index (χ0n) is 17.0. The molecule has 0 saturated carbocycles. The van der Waals surface area contributed by atoms with Crippen LogP contribution in [0.15, 0.2) is 29.3 Å². The van der Waals surface area contributed by atoms with E-state index < -0.39 is 22.7 Å². The molecule has 10 nitrogen and oxygen atoms in total. The minimum atomic E-state index is -3.22. The third kappa shape index (κ3) is 12.9. The van der Waals surface area contributed by atoms with Crippen LogP contribution in [0.5, 0.6) is 0 Å². The van der Waals surface area contributed by atoms with Crippen LogP contribution in [0.4, 0.5) is 0 Å². The predicted molar refractivity (Wildman–Crippen MR) is 123 cm³/mol. The third-order valence-electron chi connectivity index (χ3n) is 3.01. The van der Waals surface area contributed by atoms with E-state index in [1.807, 2.05) is 6.07 Å². The Balaban J connectivity index is 0.000000517. The smallest absolute Gasteiger partial charge is 0.339 e. The number of rotatable bonds is 4. The summed E-state index contributed by atoms with van der Waals surface area (Å²) in [4.78, 5) is 39.3. The fourth-order valence-corrected chi connectivity index (χ4v) is 1.90. The number of nitriles is 2. The molecule has 0 aromatic carbocycles. The van der Waals surface area contributed by atoms with Crippen LogP contribution in [-0.4, -0.2) is 35.1 Å². The van der Waals surface area contributed by atoms with Crippen molar-refractivity contribution in [3.05, 3.63) is 62.3 Å². The van der Waals surface area contributed by atoms with Crippen molar-refractivity contribution in [1.29, 1.82) is 10.5 Å². The standard InChI is InChI=1S/C9H7ClN2O2.C9H8N2O3.Cl3OP/c1-2-14-9(13)7-3-6(4-11)8(10)12-5-7;1-2-14-9(13)7-3-6(4-10)8(12)11-5-7;1-5(2,3)4/h3,5H,2H2,1H3;3,5H,2H2,1H3,(H,11,12);. The molecule has 0 aliphatic carbocycles. The molecule has 0 unspecified atom stereocenters. The summed E-state index contributed by atoms with van der Waals surface area (Å²) in [5.41, 5.74) is -0.0517. The number of aromatic nitrogens is 2. The maximum Gasteiger partial charge on any atom is 0.339 e. The lowest BCUT2D eigenvalue weighted by atomic mass is 10.2. The molecule has 0 radical (unpaired) electrons. The molecule has 0 atom stereocenters. The van der Waals surface area contributed by atoms with Crippen LogP contribution in [-0.2, 0) is 14.0 Å². The van der Waals surface area contributed by atoms with Crippen molar-refractivity contribution in [2.24, 2.45) is 0 Å². The van der Waals surface area contributed by atoms with E-state index in [9.17, 15) is 18.9 Å². The Bertz CT molecular complexity index is 1160. The zero-order valence-corrected chi connectivity index (χ0v) is 20.9. The molecular weight excluding hydrogens is 541 g/mol. The first-order valence-electron chi connectivity index (χ1n) is 8.59. The molecule has 0 bridgehead atoms. The number of hydrogen-bond donors (Lipinski definition) is 1. The van der Waals surface area contributed by atoms with Gasteiger partial charge >= 0.3 is 17.1 Å². The molecular formula is C18H15Cl4N4O6P. The first-order valence-corrected chi connectivity index (χ1v) is 13.4. The fraction of sp³-hybridized carbons (Fsp3) is 0.222. The molecule has 15 heteroatoms. The van der Waals surface area contributed by atoms with Crippen molar-refractivity contribution >= 4 is 62.5 Å². The number of aromatic amines is 1. The molecule has 176 valence electrons. The van der Waals surface area contributed by atoms with Crippen molar-refractivity contribution < 1.29 is 23.6 Å². The highest BCUT2D eigenvalue weighted by atomic mass is 36.0. The number of ether oxygens (including phenoxy) is 2. The highest BCUT2D eigenvalue weighted by Crippen LogP contribution is 2.61. The minimum absolute atomic E-state index is 0.0838. The van der Waals surface area contributed by atoms with Crippen molar-refractivity contribution in [3.8, 4) is 12.1 Å². The molecule has 1 N–H and O–H groups in total. The average molecular weight is 556 g/mol. The maximum absolute atomic E-state index is 11.2. The van der Waals surface area contributed by atoms with Crippen molar-refractivity contribution in [2.75, 3.05) is 13.2 Å². The number of H-pyrrole nitrogens is 1. The molecule has 0 saturated heterocycles. The summed E-state index contributed by atoms with van der Waals surface area (Å²) >= 11 is 19.4. The monoisotopic (exact) mass is 554 g/mol. The molecule has 0 spiro atoms. The van der Waals surface area contributed by atoms with E-state index in [1.165, 1.54) is 24.5 Å². The van der Waals surface area contributed by atoms with Gasteiger partial charge in [-0.15, -0.1) is 0 Å². The summed E-state index contributed by atoms with van der Waals surface area (Å²) in [7, 11) is 0. The van der Waals surface area contributed by atoms with Gasteiger partial charge < -0.3 is 14.5 Å². The number of carbonyl (C=O) groups excluding carboxylic acids is 2. The van der Waals surface area contributed by atoms with Gasteiger partial charge in [-0.05, 0) is 59.7 Å². The van der Waals surface area contributed by atoms with Crippen molar-refractivity contribution in [2.45, 2.75) is 13.8 Å². The Kier molecular flexibility index (Phi) is 14.1. The van der Waals surface area contributed by atoms with Crippen LogP contribution >= 0.6 is 50.5 Å². The lowest BCUT2D eigenvalue weighted by molar-refractivity contribution is 0.0516. The Morgan fingerprint density at radius 3 is 1.94 bits per heavy atom. The quantitative estimate of drug-likeness (QED) is 0.310. The molecule has 2 heterocycles. The number of halogens is 4. The Morgan fingerprint density at radius 1 is 1.03 bits per heavy atom. The van der Waals surface area contributed by atoms with Gasteiger partial charge in [0.15, 0.2) is 0 Å². The SMILES string of the molecule is CCOC(=O)c1c[nH]c(=O)c(C#N)c1.CCOC(=O)c1cnc(Cl)c(C#N)c1.O=P(Cl)(Cl)Cl. The number of carbonyl (C=O) groups is 2. The van der Waals surface area contributed by atoms with Gasteiger partial charge in [-0.1, -0.05) is 11.6 Å². The predicted octanol–water partition coefficient (Wildman–Crippen LogP) is 5.02. The number of nitrogens with zero attached hydrogens (tertiary/aromatic N) is 3. The normalized spacial score (nSPS) is 9.58. The summed E-state index contributed by atoms with van der Waals surface area (Å²) in [5.74, 6) is -1.06. The van der Waals surface area contributed by atoms with Gasteiger partial charge in [-0.25, -0.2) is 14.6 Å². The van der Waals surface area contributed by atoms with Gasteiger partial charge in [-0.2, -0.15) is 10.5 Å². The topological polar surface area (TPSA) is 163 Å². The molecule has 0 fully saturated rings. The zero-order chi connectivity index (χ0) is 25.6. The van der Waals surface area contributed by atoms with Crippen molar-refractivity contribution in [3.63, 3.8) is 0 Å². The van der Waals surface area contributed by atoms with Gasteiger partial charge in [0.2, 0.25) is 0 Å². The van der Waals surface area contributed by atoms with Gasteiger partial charge in [-0.3, -0.25) is 9.36 Å². The highest BCUT2D eigenvalue weighted by molar-refractivity contribution is 8.24. The van der Waals surface area contributed by atoms with E-state index in [4.69, 9.17) is 31.6 Å². The van der Waals surface area contributed by atoms with Gasteiger partial charge in [0.1, 0.15) is 22.9 Å². The van der Waals surface area contributed by atoms with Crippen LogP contribution in [0.2, 0.25) is 5.15 Å². The number of pyridine rings is 2. The first kappa shape index (κ1) is 30.4. The minimum Gasteiger partial charge on any atom is -0.462 e. The van der Waals surface area contributed by atoms with Gasteiger partial charge in [0.25, 0.3) is 5.56 Å².